The number of anilines is 1. The van der Waals surface area contributed by atoms with Gasteiger partial charge in [0.2, 0.25) is 0 Å². The SMILES string of the molecule is CCCCOCCCNc1ncc(Br)cc1F. The second kappa shape index (κ2) is 8.42. The summed E-state index contributed by atoms with van der Waals surface area (Å²) in [6, 6.07) is 1.40. The van der Waals surface area contributed by atoms with E-state index < -0.39 is 0 Å². The van der Waals surface area contributed by atoms with Gasteiger partial charge in [0.15, 0.2) is 11.6 Å². The molecule has 0 unspecified atom stereocenters. The highest BCUT2D eigenvalue weighted by molar-refractivity contribution is 9.10. The number of nitrogens with one attached hydrogen (secondary N) is 1. The summed E-state index contributed by atoms with van der Waals surface area (Å²) in [5.74, 6) is -0.0481. The summed E-state index contributed by atoms with van der Waals surface area (Å²) in [4.78, 5) is 3.95. The zero-order valence-corrected chi connectivity index (χ0v) is 11.6. The zero-order chi connectivity index (χ0) is 12.5. The molecule has 5 heteroatoms. The first-order valence-corrected chi connectivity index (χ1v) is 6.66. The first kappa shape index (κ1) is 14.4. The fraction of sp³-hybridized carbons (Fsp3) is 0.583. The van der Waals surface area contributed by atoms with Crippen LogP contribution in [0.5, 0.6) is 0 Å². The number of halogens is 2. The van der Waals surface area contributed by atoms with Crippen LogP contribution in [0.3, 0.4) is 0 Å². The summed E-state index contributed by atoms with van der Waals surface area (Å²) in [6.07, 6.45) is 4.66. The molecule has 0 aliphatic rings. The average molecular weight is 305 g/mol. The molecule has 3 nitrogen and oxygen atoms in total. The summed E-state index contributed by atoms with van der Waals surface area (Å²) in [5.41, 5.74) is 0. The molecule has 0 saturated carbocycles. The molecule has 0 aromatic carbocycles. The van der Waals surface area contributed by atoms with E-state index >= 15 is 0 Å². The van der Waals surface area contributed by atoms with Crippen molar-refractivity contribution in [1.82, 2.24) is 4.98 Å². The minimum absolute atomic E-state index is 0.293. The van der Waals surface area contributed by atoms with Crippen LogP contribution in [0.4, 0.5) is 10.2 Å². The number of pyridine rings is 1. The highest BCUT2D eigenvalue weighted by Crippen LogP contribution is 2.15. The summed E-state index contributed by atoms with van der Waals surface area (Å²) < 4.78 is 19.4. The Morgan fingerprint density at radius 1 is 1.41 bits per heavy atom. The smallest absolute Gasteiger partial charge is 0.166 e. The van der Waals surface area contributed by atoms with Gasteiger partial charge in [-0.25, -0.2) is 9.37 Å². The third-order valence-electron chi connectivity index (χ3n) is 2.21. The van der Waals surface area contributed by atoms with Crippen LogP contribution in [0.25, 0.3) is 0 Å². The highest BCUT2D eigenvalue weighted by atomic mass is 79.9. The van der Waals surface area contributed by atoms with Crippen molar-refractivity contribution < 1.29 is 9.13 Å². The topological polar surface area (TPSA) is 34.1 Å². The molecule has 0 radical (unpaired) electrons. The fourth-order valence-corrected chi connectivity index (χ4v) is 1.58. The van der Waals surface area contributed by atoms with Crippen molar-refractivity contribution in [2.75, 3.05) is 25.1 Å². The van der Waals surface area contributed by atoms with Gasteiger partial charge in [-0.15, -0.1) is 0 Å². The average Bonchev–Trinajstić information content (AvgIpc) is 2.30. The van der Waals surface area contributed by atoms with Gasteiger partial charge in [-0.1, -0.05) is 13.3 Å². The van der Waals surface area contributed by atoms with Crippen molar-refractivity contribution in [3.05, 3.63) is 22.6 Å². The Morgan fingerprint density at radius 3 is 2.88 bits per heavy atom. The molecule has 1 rings (SSSR count). The van der Waals surface area contributed by atoms with Crippen molar-refractivity contribution in [2.24, 2.45) is 0 Å². The van der Waals surface area contributed by atoms with Gasteiger partial charge in [0.05, 0.1) is 0 Å². The lowest BCUT2D eigenvalue weighted by Gasteiger charge is -2.07. The van der Waals surface area contributed by atoms with Gasteiger partial charge >= 0.3 is 0 Å². The van der Waals surface area contributed by atoms with Crippen LogP contribution < -0.4 is 5.32 Å². The quantitative estimate of drug-likeness (QED) is 0.745. The number of hydrogen-bond donors (Lipinski definition) is 1. The Kier molecular flexibility index (Phi) is 7.12. The Labute approximate surface area is 110 Å². The van der Waals surface area contributed by atoms with Crippen LogP contribution in [0.15, 0.2) is 16.7 Å². The van der Waals surface area contributed by atoms with Gasteiger partial charge in [0.1, 0.15) is 0 Å². The van der Waals surface area contributed by atoms with Crippen LogP contribution in [-0.4, -0.2) is 24.7 Å². The Morgan fingerprint density at radius 2 is 2.18 bits per heavy atom. The van der Waals surface area contributed by atoms with Crippen molar-refractivity contribution in [2.45, 2.75) is 26.2 Å². The predicted octanol–water partition coefficient (Wildman–Crippen LogP) is 3.60. The fourth-order valence-electron chi connectivity index (χ4n) is 1.27. The van der Waals surface area contributed by atoms with E-state index in [-0.39, 0.29) is 5.82 Å². The summed E-state index contributed by atoms with van der Waals surface area (Å²) in [5, 5.41) is 2.94. The molecule has 0 bridgehead atoms. The third kappa shape index (κ3) is 5.98. The molecular weight excluding hydrogens is 287 g/mol. The largest absolute Gasteiger partial charge is 0.381 e. The second-order valence-electron chi connectivity index (χ2n) is 3.73. The van der Waals surface area contributed by atoms with Crippen LogP contribution in [-0.2, 0) is 4.74 Å². The molecule has 1 aromatic rings. The number of aromatic nitrogens is 1. The van der Waals surface area contributed by atoms with Crippen molar-refractivity contribution in [3.8, 4) is 0 Å². The Bertz CT molecular complexity index is 336. The maximum absolute atomic E-state index is 13.3. The third-order valence-corrected chi connectivity index (χ3v) is 2.64. The van der Waals surface area contributed by atoms with E-state index in [9.17, 15) is 4.39 Å². The van der Waals surface area contributed by atoms with E-state index in [1.165, 1.54) is 6.07 Å². The first-order valence-electron chi connectivity index (χ1n) is 5.86. The molecule has 0 saturated heterocycles. The monoisotopic (exact) mass is 304 g/mol. The number of hydrogen-bond acceptors (Lipinski definition) is 3. The van der Waals surface area contributed by atoms with E-state index in [1.54, 1.807) is 6.20 Å². The molecular formula is C12H18BrFN2O. The van der Waals surface area contributed by atoms with Gasteiger partial charge in [-0.3, -0.25) is 0 Å². The molecule has 0 spiro atoms. The zero-order valence-electron chi connectivity index (χ0n) is 10.0. The van der Waals surface area contributed by atoms with Crippen LogP contribution in [0.1, 0.15) is 26.2 Å². The molecule has 0 aliphatic carbocycles. The van der Waals surface area contributed by atoms with Crippen LogP contribution >= 0.6 is 15.9 Å². The van der Waals surface area contributed by atoms with Gasteiger partial charge in [0.25, 0.3) is 0 Å². The van der Waals surface area contributed by atoms with Gasteiger partial charge in [0, 0.05) is 30.4 Å². The highest BCUT2D eigenvalue weighted by Gasteiger charge is 2.02. The van der Waals surface area contributed by atoms with E-state index in [0.717, 1.165) is 25.9 Å². The van der Waals surface area contributed by atoms with Crippen LogP contribution in [0.2, 0.25) is 0 Å². The van der Waals surface area contributed by atoms with Gasteiger partial charge < -0.3 is 10.1 Å². The van der Waals surface area contributed by atoms with E-state index in [2.05, 4.69) is 33.2 Å². The molecule has 17 heavy (non-hydrogen) atoms. The molecule has 0 atom stereocenters. The lowest BCUT2D eigenvalue weighted by atomic mass is 10.3. The number of rotatable bonds is 8. The van der Waals surface area contributed by atoms with E-state index in [1.807, 2.05) is 0 Å². The normalized spacial score (nSPS) is 10.5. The minimum Gasteiger partial charge on any atom is -0.381 e. The molecule has 1 aromatic heterocycles. The standard InChI is InChI=1S/C12H18BrFN2O/c1-2-3-6-17-7-4-5-15-12-11(14)8-10(13)9-16-12/h8-9H,2-7H2,1H3,(H,15,16). The van der Waals surface area contributed by atoms with Crippen molar-refractivity contribution in [1.29, 1.82) is 0 Å². The maximum Gasteiger partial charge on any atom is 0.166 e. The summed E-state index contributed by atoms with van der Waals surface area (Å²) in [7, 11) is 0. The number of nitrogens with zero attached hydrogens (tertiary/aromatic N) is 1. The lowest BCUT2D eigenvalue weighted by molar-refractivity contribution is 0.131. The Hall–Kier alpha value is -0.680. The van der Waals surface area contributed by atoms with Crippen LogP contribution in [0, 0.1) is 5.82 Å². The van der Waals surface area contributed by atoms with Gasteiger partial charge in [-0.05, 0) is 34.8 Å². The Balaban J connectivity index is 2.14. The molecule has 1 N–H and O–H groups in total. The van der Waals surface area contributed by atoms with E-state index in [0.29, 0.717) is 23.4 Å². The van der Waals surface area contributed by atoms with E-state index in [4.69, 9.17) is 4.74 Å². The van der Waals surface area contributed by atoms with Crippen molar-refractivity contribution >= 4 is 21.7 Å². The summed E-state index contributed by atoms with van der Waals surface area (Å²) in [6.45, 7) is 4.30. The molecule has 1 heterocycles. The molecule has 0 amide bonds. The van der Waals surface area contributed by atoms with Gasteiger partial charge in [-0.2, -0.15) is 0 Å². The molecule has 0 aliphatic heterocycles. The predicted molar refractivity (Wildman–Crippen MR) is 70.7 cm³/mol. The molecule has 96 valence electrons. The number of ether oxygens (including phenoxy) is 1. The van der Waals surface area contributed by atoms with Crippen molar-refractivity contribution in [3.63, 3.8) is 0 Å². The first-order chi connectivity index (χ1) is 8.24. The minimum atomic E-state index is -0.341. The summed E-state index contributed by atoms with van der Waals surface area (Å²) >= 11 is 3.16. The number of unbranched alkanes of at least 4 members (excludes halogenated alkanes) is 1. The maximum atomic E-state index is 13.3. The lowest BCUT2D eigenvalue weighted by Crippen LogP contribution is -2.08. The molecule has 0 fully saturated rings. The second-order valence-corrected chi connectivity index (χ2v) is 4.65.